The van der Waals surface area contributed by atoms with Gasteiger partial charge in [-0.05, 0) is 32.0 Å². The quantitative estimate of drug-likeness (QED) is 0.798. The molecule has 1 atom stereocenters. The maximum Gasteiger partial charge on any atom is 0.409 e. The number of nitrogens with zero attached hydrogens (tertiary/aromatic N) is 3. The molecule has 7 nitrogen and oxygen atoms in total. The summed E-state index contributed by atoms with van der Waals surface area (Å²) in [5.41, 5.74) is 0.892. The number of carbonyl (C=O) groups is 2. The van der Waals surface area contributed by atoms with Crippen molar-refractivity contribution in [1.82, 2.24) is 14.8 Å². The number of carbonyl (C=O) groups excluding carboxylic acids is 2. The van der Waals surface area contributed by atoms with E-state index in [1.54, 1.807) is 24.1 Å². The van der Waals surface area contributed by atoms with Gasteiger partial charge in [0, 0.05) is 37.1 Å². The summed E-state index contributed by atoms with van der Waals surface area (Å²) in [6.45, 7) is 5.99. The van der Waals surface area contributed by atoms with Crippen molar-refractivity contribution in [1.29, 1.82) is 0 Å². The average molecular weight is 424 g/mol. The van der Waals surface area contributed by atoms with E-state index in [-0.39, 0.29) is 12.0 Å². The van der Waals surface area contributed by atoms with Crippen LogP contribution < -0.4 is 5.32 Å². The van der Waals surface area contributed by atoms with Gasteiger partial charge in [-0.2, -0.15) is 0 Å². The van der Waals surface area contributed by atoms with Gasteiger partial charge in [0.15, 0.2) is 16.8 Å². The number of amides is 2. The van der Waals surface area contributed by atoms with Gasteiger partial charge in [-0.1, -0.05) is 0 Å². The first-order chi connectivity index (χ1) is 13.9. The van der Waals surface area contributed by atoms with Crippen LogP contribution in [0.1, 0.15) is 13.8 Å². The summed E-state index contributed by atoms with van der Waals surface area (Å²) in [4.78, 5) is 32.2. The molecule has 1 unspecified atom stereocenters. The minimum Gasteiger partial charge on any atom is -0.450 e. The molecule has 3 rings (SSSR count). The molecule has 1 aliphatic heterocycles. The second-order valence-corrected chi connectivity index (χ2v) is 7.41. The molecule has 0 saturated carbocycles. The van der Waals surface area contributed by atoms with Crippen LogP contribution in [0, 0.1) is 11.6 Å². The topological polar surface area (TPSA) is 74.8 Å². The van der Waals surface area contributed by atoms with Gasteiger partial charge in [-0.15, -0.1) is 11.3 Å². The fourth-order valence-corrected chi connectivity index (χ4v) is 3.72. The van der Waals surface area contributed by atoms with Gasteiger partial charge in [0.2, 0.25) is 5.91 Å². The van der Waals surface area contributed by atoms with E-state index < -0.39 is 17.7 Å². The van der Waals surface area contributed by atoms with Gasteiger partial charge in [-0.25, -0.2) is 18.6 Å². The Morgan fingerprint density at radius 3 is 2.62 bits per heavy atom. The highest BCUT2D eigenvalue weighted by Crippen LogP contribution is 2.26. The van der Waals surface area contributed by atoms with Gasteiger partial charge in [0.25, 0.3) is 0 Å². The van der Waals surface area contributed by atoms with Crippen LogP contribution in [0.4, 0.5) is 18.7 Å². The highest BCUT2D eigenvalue weighted by Gasteiger charge is 2.28. The number of benzene rings is 1. The van der Waals surface area contributed by atoms with Gasteiger partial charge < -0.3 is 15.0 Å². The molecule has 10 heteroatoms. The molecule has 1 aliphatic rings. The molecule has 1 saturated heterocycles. The minimum atomic E-state index is -0.948. The molecule has 29 heavy (non-hydrogen) atoms. The van der Waals surface area contributed by atoms with E-state index >= 15 is 0 Å². The van der Waals surface area contributed by atoms with Gasteiger partial charge >= 0.3 is 6.09 Å². The van der Waals surface area contributed by atoms with Crippen LogP contribution >= 0.6 is 11.3 Å². The van der Waals surface area contributed by atoms with Crippen LogP contribution in [0.2, 0.25) is 0 Å². The Morgan fingerprint density at radius 2 is 1.97 bits per heavy atom. The van der Waals surface area contributed by atoms with E-state index in [4.69, 9.17) is 4.74 Å². The zero-order valence-corrected chi connectivity index (χ0v) is 17.0. The van der Waals surface area contributed by atoms with Gasteiger partial charge in [0.1, 0.15) is 0 Å². The summed E-state index contributed by atoms with van der Waals surface area (Å²) >= 11 is 1.21. The number of rotatable bonds is 5. The molecule has 2 amide bonds. The molecular weight excluding hydrogens is 402 g/mol. The SMILES string of the molecule is CCOC(=O)N1CCN(C(C)C(=O)Nc2nc(-c3ccc(F)c(F)c3)cs2)CC1. The van der Waals surface area contributed by atoms with Gasteiger partial charge in [0.05, 0.1) is 18.3 Å². The Hall–Kier alpha value is -2.59. The Kier molecular flexibility index (Phi) is 6.75. The first-order valence-electron chi connectivity index (χ1n) is 9.26. The van der Waals surface area contributed by atoms with Crippen LogP contribution in [0.25, 0.3) is 11.3 Å². The molecular formula is C19H22F2N4O3S. The van der Waals surface area contributed by atoms with Crippen molar-refractivity contribution < 1.29 is 23.1 Å². The predicted octanol–water partition coefficient (Wildman–Crippen LogP) is 3.19. The lowest BCUT2D eigenvalue weighted by Crippen LogP contribution is -2.54. The molecule has 0 radical (unpaired) electrons. The maximum atomic E-state index is 13.4. The van der Waals surface area contributed by atoms with E-state index in [1.165, 1.54) is 17.4 Å². The first-order valence-corrected chi connectivity index (χ1v) is 10.1. The largest absolute Gasteiger partial charge is 0.450 e. The number of piperazine rings is 1. The summed E-state index contributed by atoms with van der Waals surface area (Å²) in [7, 11) is 0. The third-order valence-electron chi connectivity index (χ3n) is 4.72. The second-order valence-electron chi connectivity index (χ2n) is 6.55. The number of thiazole rings is 1. The van der Waals surface area contributed by atoms with Crippen LogP contribution in [0.3, 0.4) is 0 Å². The zero-order valence-electron chi connectivity index (χ0n) is 16.2. The van der Waals surface area contributed by atoms with E-state index in [1.807, 2.05) is 4.90 Å². The molecule has 2 aromatic rings. The number of hydrogen-bond donors (Lipinski definition) is 1. The molecule has 1 aromatic heterocycles. The fourth-order valence-electron chi connectivity index (χ4n) is 3.00. The third-order valence-corrected chi connectivity index (χ3v) is 5.47. The zero-order chi connectivity index (χ0) is 21.0. The lowest BCUT2D eigenvalue weighted by molar-refractivity contribution is -0.121. The van der Waals surface area contributed by atoms with Crippen molar-refractivity contribution in [3.05, 3.63) is 35.2 Å². The first kappa shape index (κ1) is 21.1. The lowest BCUT2D eigenvalue weighted by Gasteiger charge is -2.36. The van der Waals surface area contributed by atoms with Crippen LogP contribution in [-0.4, -0.2) is 65.6 Å². The van der Waals surface area contributed by atoms with Crippen molar-refractivity contribution in [2.45, 2.75) is 19.9 Å². The monoisotopic (exact) mass is 424 g/mol. The number of aromatic nitrogens is 1. The summed E-state index contributed by atoms with van der Waals surface area (Å²) in [6.07, 6.45) is -0.336. The summed E-state index contributed by atoms with van der Waals surface area (Å²) < 4.78 is 31.5. The van der Waals surface area contributed by atoms with E-state index in [0.717, 1.165) is 12.1 Å². The molecule has 156 valence electrons. The molecule has 0 bridgehead atoms. The Morgan fingerprint density at radius 1 is 1.24 bits per heavy atom. The number of hydrogen-bond acceptors (Lipinski definition) is 6. The van der Waals surface area contributed by atoms with E-state index in [0.29, 0.717) is 49.2 Å². The lowest BCUT2D eigenvalue weighted by atomic mass is 10.2. The Balaban J connectivity index is 1.56. The van der Waals surface area contributed by atoms with Crippen molar-refractivity contribution >= 4 is 28.5 Å². The molecule has 0 spiro atoms. The summed E-state index contributed by atoms with van der Waals surface area (Å²) in [5.74, 6) is -2.09. The minimum absolute atomic E-state index is 0.222. The highest BCUT2D eigenvalue weighted by molar-refractivity contribution is 7.14. The number of nitrogens with one attached hydrogen (secondary N) is 1. The number of anilines is 1. The summed E-state index contributed by atoms with van der Waals surface area (Å²) in [6, 6.07) is 3.14. The number of ether oxygens (including phenoxy) is 1. The molecule has 1 aromatic carbocycles. The van der Waals surface area contributed by atoms with Crippen LogP contribution in [-0.2, 0) is 9.53 Å². The maximum absolute atomic E-state index is 13.4. The van der Waals surface area contributed by atoms with Crippen molar-refractivity contribution in [2.75, 3.05) is 38.1 Å². The van der Waals surface area contributed by atoms with E-state index in [9.17, 15) is 18.4 Å². The smallest absolute Gasteiger partial charge is 0.409 e. The summed E-state index contributed by atoms with van der Waals surface area (Å²) in [5, 5.41) is 4.82. The molecule has 2 heterocycles. The second kappa shape index (κ2) is 9.27. The van der Waals surface area contributed by atoms with Gasteiger partial charge in [-0.3, -0.25) is 9.69 Å². The Bertz CT molecular complexity index is 884. The van der Waals surface area contributed by atoms with Crippen molar-refractivity contribution in [2.24, 2.45) is 0 Å². The highest BCUT2D eigenvalue weighted by atomic mass is 32.1. The predicted molar refractivity (Wildman–Crippen MR) is 106 cm³/mol. The Labute approximate surface area is 171 Å². The van der Waals surface area contributed by atoms with E-state index in [2.05, 4.69) is 10.3 Å². The van der Waals surface area contributed by atoms with Crippen LogP contribution in [0.15, 0.2) is 23.6 Å². The molecule has 1 N–H and O–H groups in total. The third kappa shape index (κ3) is 5.07. The van der Waals surface area contributed by atoms with Crippen molar-refractivity contribution in [3.63, 3.8) is 0 Å². The number of halogens is 2. The normalized spacial score (nSPS) is 15.8. The molecule has 0 aliphatic carbocycles. The van der Waals surface area contributed by atoms with Crippen molar-refractivity contribution in [3.8, 4) is 11.3 Å². The molecule has 1 fully saturated rings. The average Bonchev–Trinajstić information content (AvgIpc) is 3.18. The standard InChI is InChI=1S/C19H22F2N4O3S/c1-3-28-19(27)25-8-6-24(7-9-25)12(2)17(26)23-18-22-16(11-29-18)13-4-5-14(20)15(21)10-13/h4-5,10-12H,3,6-9H2,1-2H3,(H,22,23,26). The van der Waals surface area contributed by atoms with Crippen LogP contribution in [0.5, 0.6) is 0 Å². The fraction of sp³-hybridized carbons (Fsp3) is 0.421.